The van der Waals surface area contributed by atoms with Gasteiger partial charge < -0.3 is 5.32 Å². The average Bonchev–Trinajstić information content (AvgIpc) is 2.34. The minimum atomic E-state index is -3.92. The number of hydrogen-bond acceptors (Lipinski definition) is 3. The Hall–Kier alpha value is -0.780. The highest BCUT2D eigenvalue weighted by molar-refractivity contribution is 8.13. The lowest BCUT2D eigenvalue weighted by Gasteiger charge is -2.13. The second kappa shape index (κ2) is 7.29. The zero-order valence-electron chi connectivity index (χ0n) is 11.3. The number of halogens is 2. The van der Waals surface area contributed by atoms with Crippen molar-refractivity contribution < 1.29 is 13.2 Å². The lowest BCUT2D eigenvalue weighted by Crippen LogP contribution is -2.32. The number of carbonyl (C=O) groups excluding carboxylic acids is 1. The van der Waals surface area contributed by atoms with Gasteiger partial charge in [0.25, 0.3) is 15.0 Å². The van der Waals surface area contributed by atoms with E-state index in [1.54, 1.807) is 0 Å². The summed E-state index contributed by atoms with van der Waals surface area (Å²) in [5.41, 5.74) is 0.181. The number of amides is 1. The van der Waals surface area contributed by atoms with Gasteiger partial charge in [-0.1, -0.05) is 31.4 Å². The van der Waals surface area contributed by atoms with E-state index in [0.29, 0.717) is 0 Å². The van der Waals surface area contributed by atoms with E-state index in [0.717, 1.165) is 19.3 Å². The molecule has 0 aliphatic carbocycles. The van der Waals surface area contributed by atoms with Gasteiger partial charge in [0.15, 0.2) is 0 Å². The molecule has 0 saturated heterocycles. The number of nitrogens with one attached hydrogen (secondary N) is 1. The van der Waals surface area contributed by atoms with Crippen LogP contribution in [-0.4, -0.2) is 20.4 Å². The summed E-state index contributed by atoms with van der Waals surface area (Å²) in [6.45, 7) is 3.97. The SMILES string of the molecule is CCCCC(C)NC(=O)c1cc(Cl)cc(S(=O)(=O)Cl)c1. The van der Waals surface area contributed by atoms with Crippen molar-refractivity contribution in [2.75, 3.05) is 0 Å². The molecule has 0 fully saturated rings. The molecule has 0 radical (unpaired) electrons. The minimum Gasteiger partial charge on any atom is -0.350 e. The number of unbranched alkanes of at least 4 members (excludes halogenated alkanes) is 1. The fraction of sp³-hybridized carbons (Fsp3) is 0.462. The Bertz CT molecular complexity index is 587. The molecule has 0 aliphatic heterocycles. The van der Waals surface area contributed by atoms with Gasteiger partial charge in [-0.25, -0.2) is 8.42 Å². The fourth-order valence-corrected chi connectivity index (χ4v) is 2.83. The Balaban J connectivity index is 2.91. The van der Waals surface area contributed by atoms with Crippen molar-refractivity contribution in [2.24, 2.45) is 0 Å². The van der Waals surface area contributed by atoms with E-state index in [1.165, 1.54) is 18.2 Å². The van der Waals surface area contributed by atoms with Crippen LogP contribution >= 0.6 is 22.3 Å². The van der Waals surface area contributed by atoms with Gasteiger partial charge in [-0.3, -0.25) is 4.79 Å². The summed E-state index contributed by atoms with van der Waals surface area (Å²) >= 11 is 5.82. The van der Waals surface area contributed by atoms with E-state index in [2.05, 4.69) is 12.2 Å². The van der Waals surface area contributed by atoms with Gasteiger partial charge in [0.2, 0.25) is 0 Å². The quantitative estimate of drug-likeness (QED) is 0.807. The van der Waals surface area contributed by atoms with Crippen LogP contribution in [0.5, 0.6) is 0 Å². The molecule has 1 unspecified atom stereocenters. The smallest absolute Gasteiger partial charge is 0.261 e. The maximum Gasteiger partial charge on any atom is 0.261 e. The van der Waals surface area contributed by atoms with Crippen molar-refractivity contribution in [3.63, 3.8) is 0 Å². The Kier molecular flexibility index (Phi) is 6.30. The predicted octanol–water partition coefficient (Wildman–Crippen LogP) is 3.58. The van der Waals surface area contributed by atoms with Crippen LogP contribution in [0.15, 0.2) is 23.1 Å². The van der Waals surface area contributed by atoms with E-state index in [1.807, 2.05) is 6.92 Å². The molecule has 1 rings (SSSR count). The Morgan fingerprint density at radius 1 is 1.35 bits per heavy atom. The van der Waals surface area contributed by atoms with Crippen molar-refractivity contribution in [3.8, 4) is 0 Å². The maximum absolute atomic E-state index is 12.0. The lowest BCUT2D eigenvalue weighted by atomic mass is 10.1. The van der Waals surface area contributed by atoms with Gasteiger partial charge >= 0.3 is 0 Å². The summed E-state index contributed by atoms with van der Waals surface area (Å²) in [4.78, 5) is 11.9. The van der Waals surface area contributed by atoms with Crippen LogP contribution in [0.4, 0.5) is 0 Å². The van der Waals surface area contributed by atoms with Crippen LogP contribution in [0.2, 0.25) is 5.02 Å². The largest absolute Gasteiger partial charge is 0.350 e. The van der Waals surface area contributed by atoms with Crippen LogP contribution in [0.25, 0.3) is 0 Å². The molecule has 1 amide bonds. The third kappa shape index (κ3) is 5.31. The first-order valence-electron chi connectivity index (χ1n) is 6.30. The maximum atomic E-state index is 12.0. The molecule has 0 bridgehead atoms. The summed E-state index contributed by atoms with van der Waals surface area (Å²) in [6, 6.07) is 3.85. The highest BCUT2D eigenvalue weighted by Crippen LogP contribution is 2.22. The monoisotopic (exact) mass is 337 g/mol. The van der Waals surface area contributed by atoms with Gasteiger partial charge in [0, 0.05) is 27.3 Å². The van der Waals surface area contributed by atoms with Crippen molar-refractivity contribution >= 4 is 37.2 Å². The second-order valence-electron chi connectivity index (χ2n) is 4.63. The molecule has 1 aromatic carbocycles. The van der Waals surface area contributed by atoms with Crippen molar-refractivity contribution in [2.45, 2.75) is 44.0 Å². The van der Waals surface area contributed by atoms with Gasteiger partial charge in [0.05, 0.1) is 4.90 Å². The molecular weight excluding hydrogens is 321 g/mol. The molecule has 0 spiro atoms. The minimum absolute atomic E-state index is 0.0116. The first-order valence-corrected chi connectivity index (χ1v) is 8.99. The topological polar surface area (TPSA) is 63.2 Å². The highest BCUT2D eigenvalue weighted by Gasteiger charge is 2.16. The molecule has 1 aromatic rings. The zero-order valence-corrected chi connectivity index (χ0v) is 13.6. The fourth-order valence-electron chi connectivity index (χ4n) is 1.72. The number of carbonyl (C=O) groups is 1. The van der Waals surface area contributed by atoms with Crippen molar-refractivity contribution in [3.05, 3.63) is 28.8 Å². The van der Waals surface area contributed by atoms with Gasteiger partial charge in [-0.15, -0.1) is 0 Å². The molecule has 0 saturated carbocycles. The molecule has 7 heteroatoms. The summed E-state index contributed by atoms with van der Waals surface area (Å²) in [6.07, 6.45) is 2.92. The van der Waals surface area contributed by atoms with Crippen LogP contribution in [-0.2, 0) is 9.05 Å². The van der Waals surface area contributed by atoms with Gasteiger partial charge in [-0.05, 0) is 31.5 Å². The van der Waals surface area contributed by atoms with E-state index in [4.69, 9.17) is 22.3 Å². The van der Waals surface area contributed by atoms with Crippen molar-refractivity contribution in [1.82, 2.24) is 5.32 Å². The molecule has 20 heavy (non-hydrogen) atoms. The summed E-state index contributed by atoms with van der Waals surface area (Å²) in [7, 11) is 1.35. The number of rotatable bonds is 6. The van der Waals surface area contributed by atoms with E-state index < -0.39 is 9.05 Å². The Morgan fingerprint density at radius 3 is 2.55 bits per heavy atom. The molecule has 0 aliphatic rings. The van der Waals surface area contributed by atoms with Crippen LogP contribution in [0.3, 0.4) is 0 Å². The van der Waals surface area contributed by atoms with Crippen LogP contribution < -0.4 is 5.32 Å². The summed E-state index contributed by atoms with van der Waals surface area (Å²) in [5.74, 6) is -0.363. The highest BCUT2D eigenvalue weighted by atomic mass is 35.7. The number of benzene rings is 1. The van der Waals surface area contributed by atoms with Crippen LogP contribution in [0.1, 0.15) is 43.5 Å². The molecule has 0 heterocycles. The lowest BCUT2D eigenvalue weighted by molar-refractivity contribution is 0.0937. The molecule has 4 nitrogen and oxygen atoms in total. The van der Waals surface area contributed by atoms with Gasteiger partial charge in [-0.2, -0.15) is 0 Å². The Labute approximate surface area is 128 Å². The second-order valence-corrected chi connectivity index (χ2v) is 7.63. The summed E-state index contributed by atoms with van der Waals surface area (Å²) in [5, 5.41) is 2.95. The van der Waals surface area contributed by atoms with E-state index >= 15 is 0 Å². The molecule has 1 N–H and O–H groups in total. The molecule has 112 valence electrons. The van der Waals surface area contributed by atoms with Crippen molar-refractivity contribution in [1.29, 1.82) is 0 Å². The van der Waals surface area contributed by atoms with Crippen LogP contribution in [0, 0.1) is 0 Å². The molecule has 1 atom stereocenters. The zero-order chi connectivity index (χ0) is 15.3. The number of hydrogen-bond donors (Lipinski definition) is 1. The molecule has 0 aromatic heterocycles. The van der Waals surface area contributed by atoms with E-state index in [9.17, 15) is 13.2 Å². The standard InChI is InChI=1S/C13H17Cl2NO3S/c1-3-4-5-9(2)16-13(17)10-6-11(14)8-12(7-10)20(15,18)19/h6-9H,3-5H2,1-2H3,(H,16,17). The first kappa shape index (κ1) is 17.3. The normalized spacial score (nSPS) is 13.0. The third-order valence-electron chi connectivity index (χ3n) is 2.78. The molecular formula is C13H17Cl2NO3S. The summed E-state index contributed by atoms with van der Waals surface area (Å²) < 4.78 is 22.6. The van der Waals surface area contributed by atoms with E-state index in [-0.39, 0.29) is 27.4 Å². The third-order valence-corrected chi connectivity index (χ3v) is 4.33. The predicted molar refractivity (Wildman–Crippen MR) is 80.9 cm³/mol. The van der Waals surface area contributed by atoms with Gasteiger partial charge in [0.1, 0.15) is 0 Å². The average molecular weight is 338 g/mol. The first-order chi connectivity index (χ1) is 9.24. The Morgan fingerprint density at radius 2 is 2.00 bits per heavy atom.